The molecule has 2 heterocycles. The van der Waals surface area contributed by atoms with E-state index in [1.54, 1.807) is 31.4 Å². The largest absolute Gasteiger partial charge is 0.481 e. The van der Waals surface area contributed by atoms with Gasteiger partial charge in [-0.15, -0.1) is 0 Å². The number of aliphatic carboxylic acids is 1. The molecule has 0 aliphatic rings. The summed E-state index contributed by atoms with van der Waals surface area (Å²) in [5.74, 6) is -1.04. The molecule has 3 aromatic rings. The number of nitrogens with one attached hydrogen (secondary N) is 2. The van der Waals surface area contributed by atoms with Gasteiger partial charge in [-0.3, -0.25) is 14.2 Å². The molecule has 0 unspecified atom stereocenters. The summed E-state index contributed by atoms with van der Waals surface area (Å²) in [6.07, 6.45) is -0.0194. The standard InChI is InChI=1S/C31H46N6O12/c1-42-10-21-49-30-35-27(32)26-28(36-30)37(31(41)34-26)22-23-2-4-24(5-3-23)29(40)33-7-9-44-12-14-46-16-18-48-20-19-47-17-15-45-13-11-43-8-6-25(38)39/h2-5H,6-22H2,1H3,(H,33,40)(H,34,41)(H,38,39)(H2,32,35,36). The number of nitrogen functional groups attached to an aromatic ring is 1. The summed E-state index contributed by atoms with van der Waals surface area (Å²) < 4.78 is 44.1. The maximum Gasteiger partial charge on any atom is 0.328 e. The molecule has 0 saturated carbocycles. The molecule has 5 N–H and O–H groups in total. The van der Waals surface area contributed by atoms with Gasteiger partial charge in [-0.25, -0.2) is 4.79 Å². The van der Waals surface area contributed by atoms with Crippen LogP contribution in [0.1, 0.15) is 22.3 Å². The number of hydrogen-bond donors (Lipinski definition) is 4. The van der Waals surface area contributed by atoms with Crippen molar-refractivity contribution in [3.05, 3.63) is 45.9 Å². The Morgan fingerprint density at radius 2 is 1.35 bits per heavy atom. The molecule has 272 valence electrons. The lowest BCUT2D eigenvalue weighted by Gasteiger charge is -2.09. The summed E-state index contributed by atoms with van der Waals surface area (Å²) in [6.45, 7) is 5.66. The molecule has 0 aliphatic heterocycles. The first kappa shape index (κ1) is 39.3. The van der Waals surface area contributed by atoms with Crippen molar-refractivity contribution in [2.75, 3.05) is 112 Å². The number of methoxy groups -OCH3 is 1. The third-order valence-corrected chi connectivity index (χ3v) is 6.56. The first-order valence-corrected chi connectivity index (χ1v) is 15.8. The molecule has 0 radical (unpaired) electrons. The summed E-state index contributed by atoms with van der Waals surface area (Å²) in [4.78, 5) is 46.6. The van der Waals surface area contributed by atoms with E-state index in [4.69, 9.17) is 48.7 Å². The van der Waals surface area contributed by atoms with Gasteiger partial charge in [0.1, 0.15) is 12.1 Å². The zero-order valence-electron chi connectivity index (χ0n) is 27.7. The Labute approximate surface area is 283 Å². The lowest BCUT2D eigenvalue weighted by Crippen LogP contribution is -2.27. The van der Waals surface area contributed by atoms with E-state index in [1.807, 2.05) is 0 Å². The van der Waals surface area contributed by atoms with Crippen LogP contribution in [0.5, 0.6) is 6.01 Å². The number of nitrogens with zero attached hydrogens (tertiary/aromatic N) is 3. The monoisotopic (exact) mass is 694 g/mol. The highest BCUT2D eigenvalue weighted by Crippen LogP contribution is 2.18. The average Bonchev–Trinajstić information content (AvgIpc) is 3.40. The van der Waals surface area contributed by atoms with Crippen LogP contribution in [0.15, 0.2) is 29.1 Å². The number of aromatic nitrogens is 4. The summed E-state index contributed by atoms with van der Waals surface area (Å²) in [5, 5.41) is 11.3. The molecule has 0 saturated heterocycles. The van der Waals surface area contributed by atoms with Gasteiger partial charge in [0.2, 0.25) is 0 Å². The fourth-order valence-electron chi connectivity index (χ4n) is 4.10. The third kappa shape index (κ3) is 15.3. The Morgan fingerprint density at radius 1 is 0.796 bits per heavy atom. The molecular formula is C31H46N6O12. The third-order valence-electron chi connectivity index (χ3n) is 6.56. The van der Waals surface area contributed by atoms with Crippen molar-refractivity contribution in [3.8, 4) is 6.01 Å². The topological polar surface area (TPSA) is 230 Å². The Bertz CT molecular complexity index is 1450. The second-order valence-corrected chi connectivity index (χ2v) is 10.2. The predicted octanol–water partition coefficient (Wildman–Crippen LogP) is 0.0794. The van der Waals surface area contributed by atoms with Crippen LogP contribution in [0.4, 0.5) is 5.82 Å². The minimum absolute atomic E-state index is 0.0194. The molecule has 49 heavy (non-hydrogen) atoms. The zero-order valence-corrected chi connectivity index (χ0v) is 27.7. The number of amides is 1. The van der Waals surface area contributed by atoms with Crippen LogP contribution in [-0.4, -0.2) is 143 Å². The quantitative estimate of drug-likeness (QED) is 0.0738. The van der Waals surface area contributed by atoms with Crippen molar-refractivity contribution < 1.29 is 52.6 Å². The Morgan fingerprint density at radius 3 is 1.90 bits per heavy atom. The molecule has 0 aliphatic carbocycles. The summed E-state index contributed by atoms with van der Waals surface area (Å²) in [5.41, 5.74) is 7.46. The number of fused-ring (bicyclic) bond motifs is 1. The highest BCUT2D eigenvalue weighted by molar-refractivity contribution is 5.94. The van der Waals surface area contributed by atoms with E-state index in [0.717, 1.165) is 5.56 Å². The number of rotatable bonds is 28. The number of carboxylic acids is 1. The number of carboxylic acid groups (broad SMARTS) is 1. The summed E-state index contributed by atoms with van der Waals surface area (Å²) in [6, 6.07) is 6.92. The number of nitrogens with two attached hydrogens (primary N) is 1. The van der Waals surface area contributed by atoms with E-state index in [9.17, 15) is 14.4 Å². The van der Waals surface area contributed by atoms with Crippen molar-refractivity contribution in [2.24, 2.45) is 0 Å². The minimum Gasteiger partial charge on any atom is -0.481 e. The van der Waals surface area contributed by atoms with Crippen LogP contribution in [-0.2, 0) is 44.5 Å². The van der Waals surface area contributed by atoms with E-state index in [2.05, 4.69) is 20.3 Å². The van der Waals surface area contributed by atoms with Gasteiger partial charge >= 0.3 is 17.7 Å². The predicted molar refractivity (Wildman–Crippen MR) is 175 cm³/mol. The van der Waals surface area contributed by atoms with Gasteiger partial charge in [0.15, 0.2) is 11.5 Å². The lowest BCUT2D eigenvalue weighted by atomic mass is 10.1. The van der Waals surface area contributed by atoms with Crippen molar-refractivity contribution in [1.29, 1.82) is 0 Å². The molecule has 0 spiro atoms. The van der Waals surface area contributed by atoms with Gasteiger partial charge in [-0.1, -0.05) is 12.1 Å². The SMILES string of the molecule is COCCOc1nc(N)c2[nH]c(=O)n(Cc3ccc(C(=O)NCCOCCOCCOCCOCCOCCOCCC(=O)O)cc3)c2n1. The van der Waals surface area contributed by atoms with E-state index in [0.29, 0.717) is 103 Å². The summed E-state index contributed by atoms with van der Waals surface area (Å²) >= 11 is 0. The van der Waals surface area contributed by atoms with Gasteiger partial charge in [-0.05, 0) is 17.7 Å². The van der Waals surface area contributed by atoms with Crippen LogP contribution in [0.2, 0.25) is 0 Å². The maximum absolute atomic E-state index is 12.6. The lowest BCUT2D eigenvalue weighted by molar-refractivity contribution is -0.138. The molecular weight excluding hydrogens is 648 g/mol. The molecule has 0 atom stereocenters. The van der Waals surface area contributed by atoms with E-state index >= 15 is 0 Å². The number of aromatic amines is 1. The van der Waals surface area contributed by atoms with Crippen LogP contribution in [0.25, 0.3) is 11.2 Å². The Hall–Kier alpha value is -4.17. The van der Waals surface area contributed by atoms with Gasteiger partial charge in [-0.2, -0.15) is 9.97 Å². The maximum atomic E-state index is 12.6. The van der Waals surface area contributed by atoms with Crippen LogP contribution in [0.3, 0.4) is 0 Å². The first-order chi connectivity index (χ1) is 23.9. The van der Waals surface area contributed by atoms with Gasteiger partial charge in [0, 0.05) is 19.2 Å². The molecule has 0 fully saturated rings. The second-order valence-electron chi connectivity index (χ2n) is 10.2. The molecule has 0 bridgehead atoms. The minimum atomic E-state index is -0.889. The van der Waals surface area contributed by atoms with Crippen molar-refractivity contribution in [3.63, 3.8) is 0 Å². The number of H-pyrrole nitrogens is 1. The number of anilines is 1. The molecule has 2 aromatic heterocycles. The molecule has 1 amide bonds. The van der Waals surface area contributed by atoms with Gasteiger partial charge in [0.25, 0.3) is 5.91 Å². The van der Waals surface area contributed by atoms with Crippen molar-refractivity contribution in [2.45, 2.75) is 13.0 Å². The van der Waals surface area contributed by atoms with Gasteiger partial charge in [0.05, 0.1) is 98.9 Å². The molecule has 3 rings (SSSR count). The smallest absolute Gasteiger partial charge is 0.328 e. The second kappa shape index (κ2) is 23.2. The number of carbonyl (C=O) groups excluding carboxylic acids is 1. The Balaban J connectivity index is 1.19. The Kier molecular flexibility index (Phi) is 18.6. The highest BCUT2D eigenvalue weighted by Gasteiger charge is 2.15. The highest BCUT2D eigenvalue weighted by atomic mass is 16.6. The molecule has 18 nitrogen and oxygen atoms in total. The molecule has 18 heteroatoms. The summed E-state index contributed by atoms with van der Waals surface area (Å²) in [7, 11) is 1.55. The van der Waals surface area contributed by atoms with Crippen LogP contribution >= 0.6 is 0 Å². The van der Waals surface area contributed by atoms with Crippen molar-refractivity contribution >= 4 is 28.9 Å². The number of benzene rings is 1. The fourth-order valence-corrected chi connectivity index (χ4v) is 4.10. The van der Waals surface area contributed by atoms with E-state index in [-0.39, 0.29) is 43.9 Å². The molecule has 1 aromatic carbocycles. The van der Waals surface area contributed by atoms with Gasteiger partial charge < -0.3 is 59.0 Å². The fraction of sp³-hybridized carbons (Fsp3) is 0.581. The van der Waals surface area contributed by atoms with Crippen LogP contribution < -0.4 is 21.5 Å². The number of carbonyl (C=O) groups is 2. The number of ether oxygens (including phenoxy) is 8. The number of hydrogen-bond acceptors (Lipinski definition) is 14. The zero-order chi connectivity index (χ0) is 35.1. The van der Waals surface area contributed by atoms with E-state index in [1.165, 1.54) is 4.57 Å². The normalized spacial score (nSPS) is 11.3. The number of imidazole rings is 1. The van der Waals surface area contributed by atoms with E-state index < -0.39 is 11.7 Å². The average molecular weight is 695 g/mol. The van der Waals surface area contributed by atoms with Crippen LogP contribution in [0, 0.1) is 0 Å². The first-order valence-electron chi connectivity index (χ1n) is 15.8. The van der Waals surface area contributed by atoms with Crippen molar-refractivity contribution in [1.82, 2.24) is 24.8 Å².